The van der Waals surface area contributed by atoms with Gasteiger partial charge in [0.25, 0.3) is 5.91 Å². The van der Waals surface area contributed by atoms with Crippen molar-refractivity contribution in [2.75, 3.05) is 6.58 Å². The molecular formula is C23H31FN3O8P. The SMILES string of the molecule is [2H]C(O[P@@](=O)(N[C@@H](C)C(=O)OC(C)C)Oc1ccccc1)[C@H]1O[C@@H](N2C=CC(=O)NC2=C)[C@](C)(F)[C@@H]1O. The van der Waals surface area contributed by atoms with Crippen LogP contribution in [0.3, 0.4) is 0 Å². The molecule has 0 aromatic heterocycles. The third-order valence-electron chi connectivity index (χ3n) is 5.24. The molecule has 0 aliphatic carbocycles. The van der Waals surface area contributed by atoms with Crippen LogP contribution in [-0.4, -0.2) is 64.7 Å². The normalized spacial score (nSPS) is 29.8. The average Bonchev–Trinajstić information content (AvgIpc) is 3.03. The molecule has 1 unspecified atom stereocenters. The summed E-state index contributed by atoms with van der Waals surface area (Å²) in [6.45, 7) is 7.40. The lowest BCUT2D eigenvalue weighted by Crippen LogP contribution is -2.51. The summed E-state index contributed by atoms with van der Waals surface area (Å²) in [5, 5.41) is 15.5. The Morgan fingerprint density at radius 1 is 1.42 bits per heavy atom. The molecule has 0 bridgehead atoms. The number of benzene rings is 1. The van der Waals surface area contributed by atoms with E-state index in [1.807, 2.05) is 0 Å². The number of ether oxygens (including phenoxy) is 2. The summed E-state index contributed by atoms with van der Waals surface area (Å²) in [7, 11) is -4.50. The Balaban J connectivity index is 1.82. The largest absolute Gasteiger partial charge is 0.462 e. The van der Waals surface area contributed by atoms with Crippen LogP contribution in [0.25, 0.3) is 0 Å². The van der Waals surface area contributed by atoms with E-state index in [0.29, 0.717) is 0 Å². The van der Waals surface area contributed by atoms with Gasteiger partial charge in [0.05, 0.1) is 14.1 Å². The summed E-state index contributed by atoms with van der Waals surface area (Å²) in [4.78, 5) is 25.0. The minimum atomic E-state index is -4.50. The van der Waals surface area contributed by atoms with Gasteiger partial charge >= 0.3 is 13.7 Å². The van der Waals surface area contributed by atoms with Crippen molar-refractivity contribution in [2.24, 2.45) is 0 Å². The molecular weight excluding hydrogens is 496 g/mol. The molecule has 2 heterocycles. The molecule has 1 aromatic rings. The van der Waals surface area contributed by atoms with Crippen molar-refractivity contribution < 1.29 is 43.5 Å². The molecule has 11 nitrogen and oxygen atoms in total. The number of nitrogens with zero attached hydrogens (tertiary/aromatic N) is 1. The van der Waals surface area contributed by atoms with Crippen molar-refractivity contribution in [3.05, 3.63) is 55.0 Å². The predicted octanol–water partition coefficient (Wildman–Crippen LogP) is 2.35. The molecule has 13 heteroatoms. The van der Waals surface area contributed by atoms with Gasteiger partial charge < -0.3 is 29.3 Å². The van der Waals surface area contributed by atoms with Crippen molar-refractivity contribution >= 4 is 19.6 Å². The zero-order valence-electron chi connectivity index (χ0n) is 21.3. The Kier molecular flexibility index (Phi) is 8.11. The van der Waals surface area contributed by atoms with Crippen LogP contribution >= 0.6 is 7.75 Å². The zero-order chi connectivity index (χ0) is 27.5. The van der Waals surface area contributed by atoms with E-state index in [2.05, 4.69) is 17.0 Å². The van der Waals surface area contributed by atoms with Crippen LogP contribution in [0.15, 0.2) is 55.0 Å². The quantitative estimate of drug-likeness (QED) is 0.307. The molecule has 0 saturated carbocycles. The van der Waals surface area contributed by atoms with Gasteiger partial charge in [0.2, 0.25) is 0 Å². The molecule has 1 fully saturated rings. The number of carbonyl (C=O) groups is 2. The molecule has 0 spiro atoms. The van der Waals surface area contributed by atoms with Gasteiger partial charge in [-0.25, -0.2) is 8.96 Å². The third kappa shape index (κ3) is 6.51. The van der Waals surface area contributed by atoms with Crippen LogP contribution < -0.4 is 14.9 Å². The summed E-state index contributed by atoms with van der Waals surface area (Å²) in [5.41, 5.74) is -2.46. The molecule has 2 aliphatic heterocycles. The van der Waals surface area contributed by atoms with Crippen molar-refractivity contribution in [3.8, 4) is 5.75 Å². The highest BCUT2D eigenvalue weighted by molar-refractivity contribution is 7.52. The number of hydrogen-bond donors (Lipinski definition) is 3. The van der Waals surface area contributed by atoms with E-state index in [-0.39, 0.29) is 11.6 Å². The number of para-hydroxylation sites is 1. The van der Waals surface area contributed by atoms with Gasteiger partial charge in [0, 0.05) is 12.3 Å². The average molecular weight is 528 g/mol. The Hall–Kier alpha value is -2.76. The molecule has 1 saturated heterocycles. The molecule has 3 N–H and O–H groups in total. The van der Waals surface area contributed by atoms with E-state index in [0.717, 1.165) is 17.9 Å². The minimum Gasteiger partial charge on any atom is -0.462 e. The first-order valence-corrected chi connectivity index (χ1v) is 12.7. The monoisotopic (exact) mass is 528 g/mol. The summed E-state index contributed by atoms with van der Waals surface area (Å²) in [6.07, 6.45) is -3.16. The lowest BCUT2D eigenvalue weighted by atomic mass is 9.98. The first-order valence-electron chi connectivity index (χ1n) is 11.7. The van der Waals surface area contributed by atoms with Gasteiger partial charge in [0.1, 0.15) is 29.8 Å². The van der Waals surface area contributed by atoms with Gasteiger partial charge in [-0.15, -0.1) is 0 Å². The van der Waals surface area contributed by atoms with Crippen LogP contribution in [-0.2, 0) is 28.2 Å². The van der Waals surface area contributed by atoms with Gasteiger partial charge in [-0.3, -0.25) is 14.1 Å². The van der Waals surface area contributed by atoms with E-state index >= 15 is 4.39 Å². The highest BCUT2D eigenvalue weighted by Gasteiger charge is 2.57. The van der Waals surface area contributed by atoms with E-state index in [4.69, 9.17) is 19.9 Å². The highest BCUT2D eigenvalue weighted by atomic mass is 31.2. The molecule has 1 amide bonds. The number of aliphatic hydroxyl groups is 1. The van der Waals surface area contributed by atoms with Crippen molar-refractivity contribution in [2.45, 2.75) is 63.9 Å². The Labute approximate surface area is 210 Å². The number of rotatable bonds is 10. The number of carbonyl (C=O) groups excluding carboxylic acids is 2. The second-order valence-electron chi connectivity index (χ2n) is 8.69. The lowest BCUT2D eigenvalue weighted by molar-refractivity contribution is -0.149. The van der Waals surface area contributed by atoms with Crippen LogP contribution in [0, 0.1) is 0 Å². The molecule has 36 heavy (non-hydrogen) atoms. The van der Waals surface area contributed by atoms with Crippen LogP contribution in [0.4, 0.5) is 4.39 Å². The lowest BCUT2D eigenvalue weighted by Gasteiger charge is -2.35. The second-order valence-corrected chi connectivity index (χ2v) is 10.3. The van der Waals surface area contributed by atoms with Gasteiger partial charge in [-0.05, 0) is 39.8 Å². The molecule has 0 radical (unpaired) electrons. The fourth-order valence-corrected chi connectivity index (χ4v) is 4.85. The second kappa shape index (κ2) is 11.1. The minimum absolute atomic E-state index is 0.00564. The Morgan fingerprint density at radius 3 is 2.69 bits per heavy atom. The zero-order valence-corrected chi connectivity index (χ0v) is 21.2. The molecule has 198 valence electrons. The van der Waals surface area contributed by atoms with E-state index in [1.165, 1.54) is 25.3 Å². The van der Waals surface area contributed by atoms with Gasteiger partial charge in [-0.2, -0.15) is 5.09 Å². The van der Waals surface area contributed by atoms with Crippen molar-refractivity contribution in [1.29, 1.82) is 0 Å². The smallest absolute Gasteiger partial charge is 0.459 e. The van der Waals surface area contributed by atoms with Crippen molar-refractivity contribution in [3.63, 3.8) is 0 Å². The summed E-state index contributed by atoms with van der Waals surface area (Å²) in [6, 6.07) is 6.68. The fraction of sp³-hybridized carbons (Fsp3) is 0.478. The van der Waals surface area contributed by atoms with E-state index < -0.39 is 62.5 Å². The van der Waals surface area contributed by atoms with E-state index in [9.17, 15) is 19.3 Å². The summed E-state index contributed by atoms with van der Waals surface area (Å²) < 4.78 is 59.4. The number of halogens is 1. The molecule has 2 aliphatic rings. The summed E-state index contributed by atoms with van der Waals surface area (Å²) >= 11 is 0. The number of aliphatic hydroxyl groups excluding tert-OH is 1. The maximum atomic E-state index is 15.6. The molecule has 7 atom stereocenters. The number of alkyl halides is 1. The van der Waals surface area contributed by atoms with Gasteiger partial charge in [0.15, 0.2) is 11.9 Å². The molecule has 3 rings (SSSR count). The number of esters is 1. The number of amides is 1. The first-order chi connectivity index (χ1) is 17.2. The maximum Gasteiger partial charge on any atom is 0.459 e. The van der Waals surface area contributed by atoms with Crippen molar-refractivity contribution in [1.82, 2.24) is 15.3 Å². The topological polar surface area (TPSA) is 136 Å². The fourth-order valence-electron chi connectivity index (χ4n) is 3.44. The van der Waals surface area contributed by atoms with Crippen LogP contribution in [0.1, 0.15) is 29.1 Å². The van der Waals surface area contributed by atoms with Gasteiger partial charge in [-0.1, -0.05) is 24.8 Å². The first kappa shape index (κ1) is 26.3. The third-order valence-corrected chi connectivity index (χ3v) is 6.79. The number of hydrogen-bond acceptors (Lipinski definition) is 9. The van der Waals surface area contributed by atoms with E-state index in [1.54, 1.807) is 32.0 Å². The predicted molar refractivity (Wildman–Crippen MR) is 127 cm³/mol. The number of nitrogens with one attached hydrogen (secondary N) is 2. The Morgan fingerprint density at radius 2 is 2.08 bits per heavy atom. The van der Waals surface area contributed by atoms with Crippen LogP contribution in [0.2, 0.25) is 0 Å². The standard InChI is InChI=1S/C23H31FN3O8P/c1-14(2)33-21(30)15(3)26-36(31,35-17-9-7-6-8-10-17)32-13-18-20(29)23(5,24)22(34-18)27-12-11-19(28)25-16(27)4/h6-12,14-15,18,20,22,29H,4,13H2,1-3,5H3,(H,25,28)(H,26,31)/t15-,18+,20+,22+,23+,36-/m0/s1/i13D/t13?,15-,18+,20+,22+,23+,36-. The maximum absolute atomic E-state index is 15.6. The Bertz CT molecular complexity index is 1090. The van der Waals surface area contributed by atoms with Crippen LogP contribution in [0.5, 0.6) is 5.75 Å². The molecule has 1 aromatic carbocycles. The summed E-state index contributed by atoms with van der Waals surface area (Å²) in [5.74, 6) is -1.13. The highest BCUT2D eigenvalue weighted by Crippen LogP contribution is 2.46.